The molecule has 4 heteroatoms. The van der Waals surface area contributed by atoms with Crippen LogP contribution in [0.4, 0.5) is 8.78 Å². The number of pyridine rings is 2. The van der Waals surface area contributed by atoms with E-state index in [9.17, 15) is 8.78 Å². The molecular weight excluding hydrogens is 643 g/mol. The van der Waals surface area contributed by atoms with E-state index in [0.717, 1.165) is 88.8 Å². The van der Waals surface area contributed by atoms with Crippen molar-refractivity contribution in [2.24, 2.45) is 0 Å². The van der Waals surface area contributed by atoms with Crippen LogP contribution in [0.5, 0.6) is 0 Å². The summed E-state index contributed by atoms with van der Waals surface area (Å²) in [6.07, 6.45) is 0. The summed E-state index contributed by atoms with van der Waals surface area (Å²) < 4.78 is 28.3. The molecule has 0 N–H and O–H groups in total. The number of hydrogen-bond donors (Lipinski definition) is 0. The van der Waals surface area contributed by atoms with Gasteiger partial charge in [0.25, 0.3) is 0 Å². The molecule has 0 bridgehead atoms. The molecule has 0 atom stereocenters. The zero-order valence-corrected chi connectivity index (χ0v) is 28.0. The van der Waals surface area contributed by atoms with E-state index in [2.05, 4.69) is 97.1 Å². The maximum Gasteiger partial charge on any atom is 0.123 e. The number of hydrogen-bond acceptors (Lipinski definition) is 2. The van der Waals surface area contributed by atoms with E-state index >= 15 is 0 Å². The van der Waals surface area contributed by atoms with Gasteiger partial charge in [-0.15, -0.1) is 0 Å². The van der Waals surface area contributed by atoms with Crippen molar-refractivity contribution in [1.29, 1.82) is 0 Å². The molecule has 2 aromatic heterocycles. The van der Waals surface area contributed by atoms with Crippen LogP contribution in [0.1, 0.15) is 0 Å². The highest BCUT2D eigenvalue weighted by Crippen LogP contribution is 2.40. The first-order valence-corrected chi connectivity index (χ1v) is 17.2. The quantitative estimate of drug-likeness (QED) is 0.164. The molecule has 0 saturated heterocycles. The first-order valence-electron chi connectivity index (χ1n) is 17.2. The van der Waals surface area contributed by atoms with Gasteiger partial charge < -0.3 is 0 Å². The van der Waals surface area contributed by atoms with Crippen LogP contribution < -0.4 is 0 Å². The Morgan fingerprint density at radius 1 is 0.288 bits per heavy atom. The summed E-state index contributed by atoms with van der Waals surface area (Å²) in [6, 6.07) is 58.8. The third-order valence-electron chi connectivity index (χ3n) is 9.64. The minimum absolute atomic E-state index is 0.294. The molecule has 2 nitrogen and oxygen atoms in total. The van der Waals surface area contributed by atoms with Crippen molar-refractivity contribution in [3.63, 3.8) is 0 Å². The van der Waals surface area contributed by atoms with Gasteiger partial charge >= 0.3 is 0 Å². The Morgan fingerprint density at radius 3 is 0.962 bits per heavy atom. The largest absolute Gasteiger partial charge is 0.245 e. The maximum absolute atomic E-state index is 14.2. The van der Waals surface area contributed by atoms with Gasteiger partial charge in [-0.1, -0.05) is 146 Å². The smallest absolute Gasteiger partial charge is 0.123 e. The van der Waals surface area contributed by atoms with Crippen molar-refractivity contribution in [2.75, 3.05) is 0 Å². The maximum atomic E-state index is 14.2. The number of fused-ring (bicyclic) bond motifs is 3. The van der Waals surface area contributed by atoms with Crippen LogP contribution in [0, 0.1) is 11.6 Å². The summed E-state index contributed by atoms with van der Waals surface area (Å²) in [5.41, 5.74) is 13.0. The molecule has 0 unspecified atom stereocenters. The molecule has 9 rings (SSSR count). The molecule has 9 aromatic rings. The molecule has 0 aliphatic heterocycles. The first kappa shape index (κ1) is 31.2. The Morgan fingerprint density at radius 2 is 0.596 bits per heavy atom. The lowest BCUT2D eigenvalue weighted by Crippen LogP contribution is -1.96. The Hall–Kier alpha value is -6.78. The molecule has 0 radical (unpaired) electrons. The normalized spacial score (nSPS) is 11.3. The minimum Gasteiger partial charge on any atom is -0.245 e. The third kappa shape index (κ3) is 5.91. The van der Waals surface area contributed by atoms with Gasteiger partial charge in [0.2, 0.25) is 0 Å². The standard InChI is InChI=1S/C48H30F2N2/c49-39-23-19-35(20-24-39)43-29-45(37-15-11-33(12-16-37)31-7-3-1-4-8-31)51-47-41(43)27-28-42-44(36-21-25-40(50)26-22-36)30-46(52-48(42)47)38-17-13-34(14-18-38)32-9-5-2-6-10-32/h1-30H. The number of rotatable bonds is 6. The average molecular weight is 673 g/mol. The second-order valence-corrected chi connectivity index (χ2v) is 12.9. The van der Waals surface area contributed by atoms with E-state index in [1.165, 1.54) is 24.3 Å². The lowest BCUT2D eigenvalue weighted by Gasteiger charge is -2.16. The zero-order chi connectivity index (χ0) is 35.0. The van der Waals surface area contributed by atoms with Gasteiger partial charge in [-0.2, -0.15) is 0 Å². The summed E-state index contributed by atoms with van der Waals surface area (Å²) >= 11 is 0. The Kier molecular flexibility index (Phi) is 7.90. The van der Waals surface area contributed by atoms with E-state index in [0.29, 0.717) is 0 Å². The summed E-state index contributed by atoms with van der Waals surface area (Å²) in [5, 5.41) is 1.80. The fourth-order valence-electron chi connectivity index (χ4n) is 6.94. The van der Waals surface area contributed by atoms with Crippen molar-refractivity contribution in [2.45, 2.75) is 0 Å². The molecule has 7 aromatic carbocycles. The highest BCUT2D eigenvalue weighted by atomic mass is 19.1. The van der Waals surface area contributed by atoms with Crippen LogP contribution >= 0.6 is 0 Å². The van der Waals surface area contributed by atoms with E-state index in [1.807, 2.05) is 36.4 Å². The Bertz CT molecular complexity index is 2500. The highest BCUT2D eigenvalue weighted by Gasteiger charge is 2.18. The zero-order valence-electron chi connectivity index (χ0n) is 28.0. The number of halogens is 2. The van der Waals surface area contributed by atoms with Crippen molar-refractivity contribution in [3.05, 3.63) is 194 Å². The van der Waals surface area contributed by atoms with E-state index in [-0.39, 0.29) is 11.6 Å². The second-order valence-electron chi connectivity index (χ2n) is 12.9. The summed E-state index contributed by atoms with van der Waals surface area (Å²) in [4.78, 5) is 10.6. The molecule has 0 fully saturated rings. The van der Waals surface area contributed by atoms with Crippen LogP contribution in [0.3, 0.4) is 0 Å². The van der Waals surface area contributed by atoms with E-state index in [4.69, 9.17) is 9.97 Å². The fourth-order valence-corrected chi connectivity index (χ4v) is 6.94. The van der Waals surface area contributed by atoms with Gasteiger partial charge in [0, 0.05) is 21.9 Å². The molecule has 0 aliphatic carbocycles. The summed E-state index contributed by atoms with van der Waals surface area (Å²) in [5.74, 6) is -0.587. The lowest BCUT2D eigenvalue weighted by molar-refractivity contribution is 0.627. The first-order chi connectivity index (χ1) is 25.6. The number of aromatic nitrogens is 2. The number of benzene rings is 7. The van der Waals surface area contributed by atoms with Crippen LogP contribution in [-0.4, -0.2) is 9.97 Å². The predicted octanol–water partition coefficient (Wildman–Crippen LogP) is 13.1. The molecule has 0 spiro atoms. The van der Waals surface area contributed by atoms with Gasteiger partial charge in [0.05, 0.1) is 22.4 Å². The predicted molar refractivity (Wildman–Crippen MR) is 210 cm³/mol. The van der Waals surface area contributed by atoms with Gasteiger partial charge in [-0.05, 0) is 80.9 Å². The topological polar surface area (TPSA) is 25.8 Å². The molecular formula is C48H30F2N2. The molecule has 0 aliphatic rings. The minimum atomic E-state index is -0.294. The van der Waals surface area contributed by atoms with Crippen molar-refractivity contribution >= 4 is 21.8 Å². The van der Waals surface area contributed by atoms with Gasteiger partial charge in [0.15, 0.2) is 0 Å². The van der Waals surface area contributed by atoms with Gasteiger partial charge in [-0.25, -0.2) is 18.7 Å². The second kappa shape index (κ2) is 13.2. The van der Waals surface area contributed by atoms with Gasteiger partial charge in [0.1, 0.15) is 11.6 Å². The summed E-state index contributed by atoms with van der Waals surface area (Å²) in [7, 11) is 0. The van der Waals surface area contributed by atoms with Gasteiger partial charge in [-0.3, -0.25) is 0 Å². The highest BCUT2D eigenvalue weighted by molar-refractivity contribution is 6.13. The third-order valence-corrected chi connectivity index (χ3v) is 9.64. The number of nitrogens with zero attached hydrogens (tertiary/aromatic N) is 2. The Balaban J connectivity index is 1.29. The SMILES string of the molecule is Fc1ccc(-c2cc(-c3ccc(-c4ccccc4)cc3)nc3c2ccc2c(-c4ccc(F)cc4)cc(-c4ccc(-c5ccccc5)cc4)nc23)cc1. The molecule has 0 saturated carbocycles. The van der Waals surface area contributed by atoms with Crippen molar-refractivity contribution < 1.29 is 8.78 Å². The van der Waals surface area contributed by atoms with E-state index < -0.39 is 0 Å². The summed E-state index contributed by atoms with van der Waals surface area (Å²) in [6.45, 7) is 0. The van der Waals surface area contributed by atoms with Crippen LogP contribution in [0.15, 0.2) is 182 Å². The van der Waals surface area contributed by atoms with Crippen LogP contribution in [0.25, 0.3) is 88.8 Å². The fraction of sp³-hybridized carbons (Fsp3) is 0. The molecule has 246 valence electrons. The van der Waals surface area contributed by atoms with Crippen molar-refractivity contribution in [1.82, 2.24) is 9.97 Å². The van der Waals surface area contributed by atoms with Crippen molar-refractivity contribution in [3.8, 4) is 67.0 Å². The lowest BCUT2D eigenvalue weighted by atomic mass is 9.93. The van der Waals surface area contributed by atoms with Crippen LogP contribution in [-0.2, 0) is 0 Å². The van der Waals surface area contributed by atoms with E-state index in [1.54, 1.807) is 24.3 Å². The monoisotopic (exact) mass is 672 g/mol. The average Bonchev–Trinajstić information content (AvgIpc) is 3.21. The molecule has 2 heterocycles. The molecule has 52 heavy (non-hydrogen) atoms. The van der Waals surface area contributed by atoms with Crippen LogP contribution in [0.2, 0.25) is 0 Å². The Labute approximate surface area is 300 Å². The molecule has 0 amide bonds.